The van der Waals surface area contributed by atoms with Crippen molar-refractivity contribution < 1.29 is 39.5 Å². The highest BCUT2D eigenvalue weighted by Crippen LogP contribution is 2.64. The van der Waals surface area contributed by atoms with Crippen molar-refractivity contribution in [2.75, 3.05) is 0 Å². The van der Waals surface area contributed by atoms with Crippen molar-refractivity contribution in [2.24, 2.45) is 0 Å². The lowest BCUT2D eigenvalue weighted by Gasteiger charge is -2.23. The quantitative estimate of drug-likeness (QED) is 0.496. The first kappa shape index (κ1) is 14.0. The van der Waals surface area contributed by atoms with E-state index in [9.17, 15) is 39.5 Å². The van der Waals surface area contributed by atoms with Gasteiger partial charge in [-0.1, -0.05) is 0 Å². The number of halogens is 9. The van der Waals surface area contributed by atoms with Gasteiger partial charge in [-0.2, -0.15) is 26.3 Å². The second-order valence-corrected chi connectivity index (χ2v) is 4.04. The number of hydrogen-bond donors (Lipinski definition) is 0. The predicted octanol–water partition coefficient (Wildman–Crippen LogP) is 4.24. The van der Waals surface area contributed by atoms with Crippen LogP contribution < -0.4 is 0 Å². The molecule has 0 aliphatic heterocycles. The number of rotatable bonds is 0. The molecule has 0 radical (unpaired) electrons. The lowest BCUT2D eigenvalue weighted by Crippen LogP contribution is -2.43. The fourth-order valence-corrected chi connectivity index (χ4v) is 1.98. The van der Waals surface area contributed by atoms with Gasteiger partial charge in [0, 0.05) is 5.56 Å². The smallest absolute Gasteiger partial charge is 0.203 e. The molecule has 1 aromatic carbocycles. The Balaban J connectivity index is 3.02. The van der Waals surface area contributed by atoms with Gasteiger partial charge < -0.3 is 0 Å². The first-order valence-electron chi connectivity index (χ1n) is 4.70. The highest BCUT2D eigenvalue weighted by molar-refractivity contribution is 5.50. The molecule has 1 aliphatic carbocycles. The van der Waals surface area contributed by atoms with Gasteiger partial charge in [-0.3, -0.25) is 0 Å². The number of alkyl halides is 6. The zero-order chi connectivity index (χ0) is 15.0. The standard InChI is InChI=1S/C10H3F9/c1-2-3-4(6(12)7(13)5(2)11)9(16,17)10(18,19)8(3,14)15/h1H3. The SMILES string of the molecule is Cc1c(F)c(F)c(F)c2c1C(F)(F)C(F)(F)C2(F)F. The fraction of sp³-hybridized carbons (Fsp3) is 0.400. The molecule has 1 aromatic rings. The minimum Gasteiger partial charge on any atom is -0.203 e. The molecule has 106 valence electrons. The van der Waals surface area contributed by atoms with Crippen molar-refractivity contribution >= 4 is 0 Å². The summed E-state index contributed by atoms with van der Waals surface area (Å²) in [5.41, 5.74) is -6.19. The molecule has 1 aliphatic rings. The van der Waals surface area contributed by atoms with Crippen molar-refractivity contribution in [1.82, 2.24) is 0 Å². The summed E-state index contributed by atoms with van der Waals surface area (Å²) in [5.74, 6) is -24.6. The van der Waals surface area contributed by atoms with Gasteiger partial charge in [0.15, 0.2) is 17.5 Å². The first-order valence-corrected chi connectivity index (χ1v) is 4.70. The monoisotopic (exact) mass is 294 g/mol. The van der Waals surface area contributed by atoms with Crippen LogP contribution in [0.1, 0.15) is 16.7 Å². The van der Waals surface area contributed by atoms with Crippen molar-refractivity contribution in [3.63, 3.8) is 0 Å². The Labute approximate surface area is 99.4 Å². The Morgan fingerprint density at radius 3 is 1.53 bits per heavy atom. The van der Waals surface area contributed by atoms with Crippen LogP contribution in [0.5, 0.6) is 0 Å². The molecule has 0 saturated heterocycles. The van der Waals surface area contributed by atoms with Crippen molar-refractivity contribution in [2.45, 2.75) is 24.7 Å². The van der Waals surface area contributed by atoms with Gasteiger partial charge in [-0.05, 0) is 12.5 Å². The van der Waals surface area contributed by atoms with E-state index in [0.717, 1.165) is 0 Å². The number of fused-ring (bicyclic) bond motifs is 1. The summed E-state index contributed by atoms with van der Waals surface area (Å²) < 4.78 is 118. The second-order valence-electron chi connectivity index (χ2n) is 4.04. The first-order chi connectivity index (χ1) is 8.39. The van der Waals surface area contributed by atoms with Crippen molar-refractivity contribution in [1.29, 1.82) is 0 Å². The molecule has 0 spiro atoms. The highest BCUT2D eigenvalue weighted by atomic mass is 19.3. The number of hydrogen-bond acceptors (Lipinski definition) is 0. The Morgan fingerprint density at radius 1 is 0.632 bits per heavy atom. The van der Waals surface area contributed by atoms with Crippen LogP contribution in [-0.2, 0) is 11.8 Å². The third-order valence-electron chi connectivity index (χ3n) is 2.98. The second kappa shape index (κ2) is 3.37. The van der Waals surface area contributed by atoms with Gasteiger partial charge in [0.2, 0.25) is 0 Å². The van der Waals surface area contributed by atoms with Crippen LogP contribution in [0.25, 0.3) is 0 Å². The third-order valence-corrected chi connectivity index (χ3v) is 2.98. The van der Waals surface area contributed by atoms with Gasteiger partial charge in [0.1, 0.15) is 0 Å². The molecule has 0 nitrogen and oxygen atoms in total. The molecule has 0 heterocycles. The van der Waals surface area contributed by atoms with Crippen molar-refractivity contribution in [3.8, 4) is 0 Å². The van der Waals surface area contributed by atoms with Gasteiger partial charge in [-0.25, -0.2) is 13.2 Å². The largest absolute Gasteiger partial charge is 0.380 e. The molecule has 19 heavy (non-hydrogen) atoms. The zero-order valence-corrected chi connectivity index (χ0v) is 8.90. The van der Waals surface area contributed by atoms with E-state index in [1.54, 1.807) is 0 Å². The van der Waals surface area contributed by atoms with E-state index in [4.69, 9.17) is 0 Å². The number of benzene rings is 1. The minimum atomic E-state index is -5.98. The van der Waals surface area contributed by atoms with Crippen LogP contribution in [-0.4, -0.2) is 5.92 Å². The molecular weight excluding hydrogens is 291 g/mol. The van der Waals surface area contributed by atoms with Gasteiger partial charge in [0.25, 0.3) is 0 Å². The van der Waals surface area contributed by atoms with Crippen LogP contribution in [0.15, 0.2) is 0 Å². The summed E-state index contributed by atoms with van der Waals surface area (Å²) in [4.78, 5) is 0. The van der Waals surface area contributed by atoms with E-state index >= 15 is 0 Å². The topological polar surface area (TPSA) is 0 Å². The Kier molecular flexibility index (Phi) is 2.48. The van der Waals surface area contributed by atoms with Crippen LogP contribution in [0.2, 0.25) is 0 Å². The van der Waals surface area contributed by atoms with Crippen LogP contribution >= 0.6 is 0 Å². The molecule has 0 unspecified atom stereocenters. The van der Waals surface area contributed by atoms with Crippen LogP contribution in [0, 0.1) is 24.4 Å². The lowest BCUT2D eigenvalue weighted by molar-refractivity contribution is -0.303. The summed E-state index contributed by atoms with van der Waals surface area (Å²) >= 11 is 0. The maximum absolute atomic E-state index is 13.3. The Bertz CT molecular complexity index is 524. The zero-order valence-electron chi connectivity index (χ0n) is 8.90. The Hall–Kier alpha value is -1.41. The van der Waals surface area contributed by atoms with E-state index in [1.807, 2.05) is 0 Å². The molecule has 0 amide bonds. The summed E-state index contributed by atoms with van der Waals surface area (Å²) in [6, 6.07) is 0. The fourth-order valence-electron chi connectivity index (χ4n) is 1.98. The molecule has 9 heteroatoms. The summed E-state index contributed by atoms with van der Waals surface area (Å²) in [6.07, 6.45) is 0. The molecule has 2 rings (SSSR count). The summed E-state index contributed by atoms with van der Waals surface area (Å²) in [5, 5.41) is 0. The minimum absolute atomic E-state index is 0.391. The average Bonchev–Trinajstić information content (AvgIpc) is 2.39. The molecule has 0 fully saturated rings. The summed E-state index contributed by atoms with van der Waals surface area (Å²) in [7, 11) is 0. The molecule has 0 atom stereocenters. The van der Waals surface area contributed by atoms with Crippen LogP contribution in [0.3, 0.4) is 0 Å². The van der Waals surface area contributed by atoms with Crippen LogP contribution in [0.4, 0.5) is 39.5 Å². The molecular formula is C10H3F9. The van der Waals surface area contributed by atoms with Gasteiger partial charge in [0.05, 0.1) is 5.56 Å². The van der Waals surface area contributed by atoms with E-state index in [0.29, 0.717) is 6.92 Å². The van der Waals surface area contributed by atoms with Gasteiger partial charge >= 0.3 is 17.8 Å². The third kappa shape index (κ3) is 1.28. The molecule has 0 saturated carbocycles. The normalized spacial score (nSPS) is 22.4. The van der Waals surface area contributed by atoms with Gasteiger partial charge in [-0.15, -0.1) is 0 Å². The van der Waals surface area contributed by atoms with E-state index in [1.165, 1.54) is 0 Å². The maximum atomic E-state index is 13.3. The van der Waals surface area contributed by atoms with E-state index in [-0.39, 0.29) is 0 Å². The van der Waals surface area contributed by atoms with Crippen molar-refractivity contribution in [3.05, 3.63) is 34.1 Å². The maximum Gasteiger partial charge on any atom is 0.380 e. The summed E-state index contributed by atoms with van der Waals surface area (Å²) in [6.45, 7) is 0.391. The molecule has 0 N–H and O–H groups in total. The predicted molar refractivity (Wildman–Crippen MR) is 43.8 cm³/mol. The van der Waals surface area contributed by atoms with E-state index < -0.39 is 51.9 Å². The molecule has 0 aromatic heterocycles. The lowest BCUT2D eigenvalue weighted by atomic mass is 10.0. The van der Waals surface area contributed by atoms with E-state index in [2.05, 4.69) is 0 Å². The average molecular weight is 294 g/mol. The Morgan fingerprint density at radius 2 is 1.05 bits per heavy atom. The molecule has 0 bridgehead atoms. The highest BCUT2D eigenvalue weighted by Gasteiger charge is 2.80.